The predicted molar refractivity (Wildman–Crippen MR) is 69.3 cm³/mol. The molecule has 0 aliphatic rings. The molecule has 0 saturated heterocycles. The zero-order valence-corrected chi connectivity index (χ0v) is 11.2. The number of ether oxygens (including phenoxy) is 1. The third-order valence-electron chi connectivity index (χ3n) is 2.42. The van der Waals surface area contributed by atoms with E-state index in [0.717, 1.165) is 0 Å². The second-order valence-corrected chi connectivity index (χ2v) is 4.35. The van der Waals surface area contributed by atoms with Gasteiger partial charge < -0.3 is 4.74 Å². The summed E-state index contributed by atoms with van der Waals surface area (Å²) in [5.74, 6) is -0.623. The summed E-state index contributed by atoms with van der Waals surface area (Å²) in [6.45, 7) is 2.52. The number of benzene rings is 1. The van der Waals surface area contributed by atoms with Crippen molar-refractivity contribution in [3.8, 4) is 11.3 Å². The maximum atomic E-state index is 13.8. The number of halogens is 3. The molecule has 2 rings (SSSR count). The van der Waals surface area contributed by atoms with E-state index in [-0.39, 0.29) is 12.0 Å². The van der Waals surface area contributed by atoms with Crippen molar-refractivity contribution in [2.45, 2.75) is 13.7 Å². The molecular weight excluding hydrogens is 278 g/mol. The first-order valence-electron chi connectivity index (χ1n) is 5.38. The molecule has 1 aromatic carbocycles. The summed E-state index contributed by atoms with van der Waals surface area (Å²) in [5, 5.41) is 0.645. The van der Waals surface area contributed by atoms with Crippen LogP contribution in [-0.2, 0) is 11.5 Å². The Hall–Kier alpha value is -1.10. The molecular formula is C12H11Cl2FN2O. The Morgan fingerprint density at radius 1 is 1.28 bits per heavy atom. The first-order chi connectivity index (χ1) is 8.63. The van der Waals surface area contributed by atoms with Crippen LogP contribution < -0.4 is 0 Å². The number of imidazole rings is 1. The van der Waals surface area contributed by atoms with Gasteiger partial charge in [-0.1, -0.05) is 23.7 Å². The van der Waals surface area contributed by atoms with Crippen LogP contribution >= 0.6 is 23.2 Å². The fourth-order valence-electron chi connectivity index (χ4n) is 1.58. The number of rotatable bonds is 4. The van der Waals surface area contributed by atoms with E-state index in [2.05, 4.69) is 4.98 Å². The molecule has 0 aliphatic heterocycles. The smallest absolute Gasteiger partial charge is 0.240 e. The Morgan fingerprint density at radius 2 is 1.94 bits per heavy atom. The zero-order valence-electron chi connectivity index (χ0n) is 9.66. The third-order valence-corrected chi connectivity index (χ3v) is 2.96. The van der Waals surface area contributed by atoms with Crippen molar-refractivity contribution < 1.29 is 9.13 Å². The lowest BCUT2D eigenvalue weighted by Gasteiger charge is -2.09. The molecule has 0 N–H and O–H groups in total. The quantitative estimate of drug-likeness (QED) is 0.851. The highest BCUT2D eigenvalue weighted by molar-refractivity contribution is 6.30. The van der Waals surface area contributed by atoms with Crippen LogP contribution in [0.4, 0.5) is 4.39 Å². The normalized spacial score (nSPS) is 10.9. The van der Waals surface area contributed by atoms with Crippen molar-refractivity contribution in [1.82, 2.24) is 9.55 Å². The van der Waals surface area contributed by atoms with Gasteiger partial charge in [-0.3, -0.25) is 4.57 Å². The molecule has 0 aliphatic carbocycles. The van der Waals surface area contributed by atoms with Crippen molar-refractivity contribution in [2.75, 3.05) is 6.61 Å². The van der Waals surface area contributed by atoms with Gasteiger partial charge in [0, 0.05) is 17.2 Å². The van der Waals surface area contributed by atoms with Crippen LogP contribution in [-0.4, -0.2) is 16.2 Å². The Labute approximate surface area is 114 Å². The van der Waals surface area contributed by atoms with Crippen LogP contribution in [0.2, 0.25) is 10.3 Å². The van der Waals surface area contributed by atoms with Crippen LogP contribution in [0.1, 0.15) is 6.92 Å². The number of hydrogen-bond acceptors (Lipinski definition) is 2. The molecule has 18 heavy (non-hydrogen) atoms. The summed E-state index contributed by atoms with van der Waals surface area (Å²) in [5.41, 5.74) is 0.945. The summed E-state index contributed by atoms with van der Waals surface area (Å²) in [4.78, 5) is 3.61. The molecule has 96 valence electrons. The molecule has 1 heterocycles. The largest absolute Gasteiger partial charge is 0.361 e. The number of aromatic nitrogens is 2. The molecule has 0 radical (unpaired) electrons. The van der Waals surface area contributed by atoms with Gasteiger partial charge in [-0.15, -0.1) is 0 Å². The van der Waals surface area contributed by atoms with Gasteiger partial charge in [0.1, 0.15) is 12.4 Å². The number of hydrogen-bond donors (Lipinski definition) is 0. The van der Waals surface area contributed by atoms with E-state index in [9.17, 15) is 4.39 Å². The second-order valence-electron chi connectivity index (χ2n) is 3.58. The molecule has 2 aromatic rings. The average molecular weight is 289 g/mol. The SMILES string of the molecule is CCOCn1c(Cl)nc(F)c1-c1ccc(Cl)cc1. The van der Waals surface area contributed by atoms with E-state index >= 15 is 0 Å². The molecule has 0 fully saturated rings. The van der Waals surface area contributed by atoms with Crippen LogP contribution in [0.5, 0.6) is 0 Å². The minimum absolute atomic E-state index is 0.0610. The summed E-state index contributed by atoms with van der Waals surface area (Å²) in [6.07, 6.45) is 0. The zero-order chi connectivity index (χ0) is 13.1. The van der Waals surface area contributed by atoms with E-state index in [1.165, 1.54) is 4.57 Å². The third kappa shape index (κ3) is 2.66. The fraction of sp³-hybridized carbons (Fsp3) is 0.250. The molecule has 0 spiro atoms. The van der Waals surface area contributed by atoms with Crippen LogP contribution in [0.15, 0.2) is 24.3 Å². The highest BCUT2D eigenvalue weighted by Gasteiger charge is 2.17. The maximum Gasteiger partial charge on any atom is 0.240 e. The summed E-state index contributed by atoms with van der Waals surface area (Å²) in [7, 11) is 0. The molecule has 0 saturated carbocycles. The molecule has 0 unspecified atom stereocenters. The van der Waals surface area contributed by atoms with Crippen molar-refractivity contribution in [1.29, 1.82) is 0 Å². The molecule has 6 heteroatoms. The van der Waals surface area contributed by atoms with Gasteiger partial charge in [0.2, 0.25) is 11.2 Å². The number of nitrogens with zero attached hydrogens (tertiary/aromatic N) is 2. The van der Waals surface area contributed by atoms with Crippen LogP contribution in [0.3, 0.4) is 0 Å². The first-order valence-corrected chi connectivity index (χ1v) is 6.14. The van der Waals surface area contributed by atoms with Crippen molar-refractivity contribution in [3.05, 3.63) is 40.5 Å². The summed E-state index contributed by atoms with van der Waals surface area (Å²) >= 11 is 11.7. The topological polar surface area (TPSA) is 27.1 Å². The van der Waals surface area contributed by atoms with E-state index < -0.39 is 5.95 Å². The van der Waals surface area contributed by atoms with Gasteiger partial charge in [-0.25, -0.2) is 0 Å². The monoisotopic (exact) mass is 288 g/mol. The Kier molecular flexibility index (Phi) is 4.22. The lowest BCUT2D eigenvalue weighted by Crippen LogP contribution is -2.04. The van der Waals surface area contributed by atoms with Crippen molar-refractivity contribution in [2.24, 2.45) is 0 Å². The molecule has 1 aromatic heterocycles. The predicted octanol–water partition coefficient (Wildman–Crippen LogP) is 3.99. The minimum Gasteiger partial charge on any atom is -0.361 e. The molecule has 3 nitrogen and oxygen atoms in total. The van der Waals surface area contributed by atoms with E-state index in [0.29, 0.717) is 22.9 Å². The van der Waals surface area contributed by atoms with Gasteiger partial charge in [0.25, 0.3) is 0 Å². The lowest BCUT2D eigenvalue weighted by molar-refractivity contribution is 0.0888. The van der Waals surface area contributed by atoms with Gasteiger partial charge in [0.15, 0.2) is 0 Å². The maximum absolute atomic E-state index is 13.8. The second kappa shape index (κ2) is 5.69. The van der Waals surface area contributed by atoms with Crippen molar-refractivity contribution >= 4 is 23.2 Å². The standard InChI is InChI=1S/C12H11Cl2FN2O/c1-2-18-7-17-10(11(15)16-12(17)14)8-3-5-9(13)6-4-8/h3-6H,2,7H2,1H3. The molecule has 0 atom stereocenters. The summed E-state index contributed by atoms with van der Waals surface area (Å²) in [6, 6.07) is 6.78. The van der Waals surface area contributed by atoms with Crippen LogP contribution in [0.25, 0.3) is 11.3 Å². The first kappa shape index (κ1) is 13.3. The van der Waals surface area contributed by atoms with Gasteiger partial charge in [-0.05, 0) is 30.7 Å². The Bertz CT molecular complexity index is 540. The molecule has 0 amide bonds. The van der Waals surface area contributed by atoms with Gasteiger partial charge in [0.05, 0.1) is 0 Å². The van der Waals surface area contributed by atoms with Gasteiger partial charge in [-0.2, -0.15) is 9.37 Å². The highest BCUT2D eigenvalue weighted by atomic mass is 35.5. The lowest BCUT2D eigenvalue weighted by atomic mass is 10.1. The van der Waals surface area contributed by atoms with Gasteiger partial charge >= 0.3 is 0 Å². The Morgan fingerprint density at radius 3 is 2.56 bits per heavy atom. The fourth-order valence-corrected chi connectivity index (χ4v) is 1.91. The van der Waals surface area contributed by atoms with E-state index in [4.69, 9.17) is 27.9 Å². The average Bonchev–Trinajstić information content (AvgIpc) is 2.62. The minimum atomic E-state index is -0.623. The Balaban J connectivity index is 2.45. The summed E-state index contributed by atoms with van der Waals surface area (Å²) < 4.78 is 20.5. The molecule has 0 bridgehead atoms. The van der Waals surface area contributed by atoms with E-state index in [1.807, 2.05) is 6.92 Å². The highest BCUT2D eigenvalue weighted by Crippen LogP contribution is 2.27. The van der Waals surface area contributed by atoms with Crippen molar-refractivity contribution in [3.63, 3.8) is 0 Å². The van der Waals surface area contributed by atoms with Crippen LogP contribution in [0, 0.1) is 5.95 Å². The van der Waals surface area contributed by atoms with E-state index in [1.54, 1.807) is 24.3 Å².